The predicted octanol–water partition coefficient (Wildman–Crippen LogP) is 5.39. The Kier molecular flexibility index (Phi) is 7.74. The summed E-state index contributed by atoms with van der Waals surface area (Å²) in [5, 5.41) is 10.2. The van der Waals surface area contributed by atoms with Gasteiger partial charge in [0.1, 0.15) is 12.4 Å². The van der Waals surface area contributed by atoms with Gasteiger partial charge < -0.3 is 14.5 Å². The van der Waals surface area contributed by atoms with Crippen molar-refractivity contribution < 1.29 is 18.3 Å². The van der Waals surface area contributed by atoms with Crippen LogP contribution in [0.2, 0.25) is 5.02 Å². The zero-order valence-electron chi connectivity index (χ0n) is 24.8. The van der Waals surface area contributed by atoms with Gasteiger partial charge in [-0.15, -0.1) is 0 Å². The van der Waals surface area contributed by atoms with Gasteiger partial charge in [0.05, 0.1) is 24.2 Å². The van der Waals surface area contributed by atoms with E-state index in [9.17, 15) is 14.4 Å². The second kappa shape index (κ2) is 11.6. The van der Waals surface area contributed by atoms with Gasteiger partial charge >= 0.3 is 6.01 Å². The van der Waals surface area contributed by atoms with E-state index in [1.54, 1.807) is 0 Å². The summed E-state index contributed by atoms with van der Waals surface area (Å²) >= 11 is 6.55. The molecule has 2 saturated heterocycles. The van der Waals surface area contributed by atoms with Crippen LogP contribution in [0.3, 0.4) is 0 Å². The van der Waals surface area contributed by atoms with E-state index in [0.29, 0.717) is 61.0 Å². The number of fused-ring (bicyclic) bond motifs is 3. The molecule has 3 aliphatic carbocycles. The van der Waals surface area contributed by atoms with Crippen molar-refractivity contribution in [1.82, 2.24) is 19.8 Å². The highest BCUT2D eigenvalue weighted by atomic mass is 35.5. The molecule has 0 N–H and O–H groups in total. The summed E-state index contributed by atoms with van der Waals surface area (Å²) in [5.41, 5.74) is 2.34. The van der Waals surface area contributed by atoms with Gasteiger partial charge in [0.15, 0.2) is 12.0 Å². The van der Waals surface area contributed by atoms with Gasteiger partial charge in [-0.1, -0.05) is 36.7 Å². The number of piperazine rings is 1. The van der Waals surface area contributed by atoms with Crippen molar-refractivity contribution in [3.05, 3.63) is 58.0 Å². The minimum atomic E-state index is -1.38. The summed E-state index contributed by atoms with van der Waals surface area (Å²) in [7, 11) is 0. The molecule has 232 valence electrons. The second-order valence-corrected chi connectivity index (χ2v) is 13.3. The minimum Gasteiger partial charge on any atom is -0.462 e. The Hall–Kier alpha value is -3.29. The number of likely N-dealkylation sites (tertiary alicyclic amines) is 1. The number of hydrogen-bond acceptors (Lipinski definition) is 7. The van der Waals surface area contributed by atoms with E-state index in [2.05, 4.69) is 17.5 Å². The fourth-order valence-corrected chi connectivity index (χ4v) is 8.29. The van der Waals surface area contributed by atoms with Crippen LogP contribution in [-0.4, -0.2) is 76.6 Å². The number of hydrogen-bond donors (Lipinski definition) is 0. The summed E-state index contributed by atoms with van der Waals surface area (Å²) in [5.74, 6) is -1.28. The largest absolute Gasteiger partial charge is 0.462 e. The lowest BCUT2D eigenvalue weighted by molar-refractivity contribution is -0.131. The monoisotopic (exact) mass is 622 g/mol. The molecule has 11 heteroatoms. The number of ether oxygens (including phenoxy) is 1. The van der Waals surface area contributed by atoms with Crippen LogP contribution in [0.25, 0.3) is 0 Å². The topological polar surface area (TPSA) is 85.6 Å². The molecule has 8 nitrogen and oxygen atoms in total. The quantitative estimate of drug-likeness (QED) is 0.383. The van der Waals surface area contributed by atoms with Crippen LogP contribution in [0, 0.1) is 11.3 Å². The standard InChI is InChI=1S/C33H37ClF2N6O2/c1-20(35)31(43)42-17-16-40(18-22(42)10-14-37)30-25-9-13-33(12-8-24-26(33)6-3-7-27(24)34)29(36)28(25)38-32(39-30)44-19-23-11-15-41(23)21-4-2-5-21/h3,6-7,21-23,29H,1-2,4-5,8-13,15-19H2/t22-,23+,29?,33+/m0/s1. The number of carbonyl (C=O) groups excluding carboxylic acids is 1. The van der Waals surface area contributed by atoms with Gasteiger partial charge in [0.25, 0.3) is 5.91 Å². The van der Waals surface area contributed by atoms with Crippen LogP contribution in [0.4, 0.5) is 14.6 Å². The van der Waals surface area contributed by atoms with E-state index in [4.69, 9.17) is 26.3 Å². The highest BCUT2D eigenvalue weighted by Crippen LogP contribution is 2.56. The van der Waals surface area contributed by atoms with Crippen LogP contribution in [0.1, 0.15) is 73.5 Å². The van der Waals surface area contributed by atoms with E-state index < -0.39 is 29.4 Å². The predicted molar refractivity (Wildman–Crippen MR) is 162 cm³/mol. The molecule has 4 atom stereocenters. The molecule has 3 heterocycles. The molecule has 1 amide bonds. The lowest BCUT2D eigenvalue weighted by atomic mass is 9.68. The molecule has 2 aromatic rings. The summed E-state index contributed by atoms with van der Waals surface area (Å²) in [6, 6.07) is 8.39. The smallest absolute Gasteiger partial charge is 0.318 e. The third-order valence-corrected chi connectivity index (χ3v) is 11.1. The first-order chi connectivity index (χ1) is 21.3. The summed E-state index contributed by atoms with van der Waals surface area (Å²) in [6.07, 6.45) is 5.94. The first-order valence-electron chi connectivity index (χ1n) is 15.8. The number of amides is 1. The average molecular weight is 623 g/mol. The minimum absolute atomic E-state index is 0.0250. The SMILES string of the molecule is C=C(F)C(=O)N1CCN(c2nc(OC[C@H]3CCN3C3CCC3)nc3c2CC[C@@]2(CCc4c(Cl)cccc42)C3F)C[C@@H]1CC#N. The first kappa shape index (κ1) is 29.4. The Morgan fingerprint density at radius 2 is 1.93 bits per heavy atom. The molecule has 0 bridgehead atoms. The Labute approximate surface area is 261 Å². The van der Waals surface area contributed by atoms with Gasteiger partial charge in [-0.2, -0.15) is 15.2 Å². The zero-order chi connectivity index (χ0) is 30.6. The zero-order valence-corrected chi connectivity index (χ0v) is 25.5. The van der Waals surface area contributed by atoms with Crippen LogP contribution in [0.5, 0.6) is 6.01 Å². The van der Waals surface area contributed by atoms with Gasteiger partial charge in [0, 0.05) is 54.3 Å². The molecule has 1 saturated carbocycles. The first-order valence-corrected chi connectivity index (χ1v) is 16.2. The summed E-state index contributed by atoms with van der Waals surface area (Å²) < 4.78 is 37.1. The van der Waals surface area contributed by atoms with Crippen molar-refractivity contribution in [2.45, 2.75) is 87.5 Å². The van der Waals surface area contributed by atoms with Gasteiger partial charge in [-0.25, -0.2) is 8.78 Å². The molecule has 5 aliphatic rings. The number of anilines is 1. The normalized spacial score (nSPS) is 28.1. The van der Waals surface area contributed by atoms with Crippen LogP contribution < -0.4 is 9.64 Å². The van der Waals surface area contributed by atoms with E-state index in [0.717, 1.165) is 36.1 Å². The average Bonchev–Trinajstić information content (AvgIpc) is 3.36. The summed E-state index contributed by atoms with van der Waals surface area (Å²) in [4.78, 5) is 28.0. The van der Waals surface area contributed by atoms with Crippen LogP contribution >= 0.6 is 11.6 Å². The fraction of sp³-hybridized carbons (Fsp3) is 0.576. The molecule has 1 unspecified atom stereocenters. The molecule has 1 spiro atoms. The Balaban J connectivity index is 1.22. The Morgan fingerprint density at radius 1 is 1.14 bits per heavy atom. The molecule has 7 rings (SSSR count). The molecule has 1 aromatic carbocycles. The van der Waals surface area contributed by atoms with Gasteiger partial charge in [0.2, 0.25) is 0 Å². The molecule has 1 aromatic heterocycles. The van der Waals surface area contributed by atoms with Crippen molar-refractivity contribution in [1.29, 1.82) is 5.26 Å². The number of alkyl halides is 1. The summed E-state index contributed by atoms with van der Waals surface area (Å²) in [6.45, 7) is 5.47. The molecule has 44 heavy (non-hydrogen) atoms. The van der Waals surface area contributed by atoms with E-state index in [-0.39, 0.29) is 25.5 Å². The maximum absolute atomic E-state index is 17.1. The number of rotatable bonds is 7. The fourth-order valence-electron chi connectivity index (χ4n) is 8.03. The number of carbonyl (C=O) groups is 1. The second-order valence-electron chi connectivity index (χ2n) is 12.9. The maximum Gasteiger partial charge on any atom is 0.318 e. The van der Waals surface area contributed by atoms with Crippen molar-refractivity contribution in [2.24, 2.45) is 0 Å². The number of halogens is 3. The van der Waals surface area contributed by atoms with Crippen LogP contribution in [0.15, 0.2) is 30.6 Å². The lowest BCUT2D eigenvalue weighted by Gasteiger charge is -2.49. The highest BCUT2D eigenvalue weighted by molar-refractivity contribution is 6.31. The number of benzene rings is 1. The highest BCUT2D eigenvalue weighted by Gasteiger charge is 2.51. The third kappa shape index (κ3) is 4.83. The van der Waals surface area contributed by atoms with Gasteiger partial charge in [-0.05, 0) is 62.1 Å². The van der Waals surface area contributed by atoms with Crippen molar-refractivity contribution in [3.63, 3.8) is 0 Å². The number of nitriles is 1. The molecular formula is C33H37ClF2N6O2. The Bertz CT molecular complexity index is 1530. The number of aromatic nitrogens is 2. The molecular weight excluding hydrogens is 586 g/mol. The van der Waals surface area contributed by atoms with E-state index >= 15 is 4.39 Å². The molecule has 0 radical (unpaired) electrons. The van der Waals surface area contributed by atoms with E-state index in [1.165, 1.54) is 24.2 Å². The molecule has 3 fully saturated rings. The lowest BCUT2D eigenvalue weighted by Crippen LogP contribution is -2.57. The van der Waals surface area contributed by atoms with Crippen molar-refractivity contribution >= 4 is 23.3 Å². The third-order valence-electron chi connectivity index (χ3n) is 10.8. The number of nitrogens with zero attached hydrogens (tertiary/aromatic N) is 6. The van der Waals surface area contributed by atoms with Crippen molar-refractivity contribution in [2.75, 3.05) is 37.7 Å². The van der Waals surface area contributed by atoms with Gasteiger partial charge in [-0.3, -0.25) is 9.69 Å². The Morgan fingerprint density at radius 3 is 2.61 bits per heavy atom. The maximum atomic E-state index is 17.1. The van der Waals surface area contributed by atoms with E-state index in [1.807, 2.05) is 23.1 Å². The molecule has 2 aliphatic heterocycles. The van der Waals surface area contributed by atoms with Crippen LogP contribution in [-0.2, 0) is 23.1 Å². The van der Waals surface area contributed by atoms with Crippen molar-refractivity contribution in [3.8, 4) is 12.1 Å².